The van der Waals surface area contributed by atoms with Gasteiger partial charge in [-0.15, -0.1) is 5.10 Å². The van der Waals surface area contributed by atoms with Gasteiger partial charge in [0.05, 0.1) is 4.90 Å². The van der Waals surface area contributed by atoms with Gasteiger partial charge in [-0.3, -0.25) is 0 Å². The van der Waals surface area contributed by atoms with E-state index in [0.29, 0.717) is 18.5 Å². The molecule has 2 rings (SSSR count). The number of benzene rings is 1. The van der Waals surface area contributed by atoms with Gasteiger partial charge in [-0.05, 0) is 17.7 Å². The molecule has 0 saturated heterocycles. The lowest BCUT2D eigenvalue weighted by Crippen LogP contribution is -2.12. The Morgan fingerprint density at radius 1 is 1.28 bits per heavy atom. The largest absolute Gasteiger partial charge is 0.408 e. The van der Waals surface area contributed by atoms with Crippen molar-refractivity contribution in [1.29, 1.82) is 0 Å². The summed E-state index contributed by atoms with van der Waals surface area (Å²) >= 11 is 0. The topological polar surface area (TPSA) is 111 Å². The number of nitrogens with two attached hydrogens (primary N) is 1. The fourth-order valence-corrected chi connectivity index (χ4v) is 1.86. The van der Waals surface area contributed by atoms with Gasteiger partial charge in [0, 0.05) is 13.5 Å². The first-order valence-electron chi connectivity index (χ1n) is 5.11. The Kier molecular flexibility index (Phi) is 3.30. The third-order valence-electron chi connectivity index (χ3n) is 2.22. The van der Waals surface area contributed by atoms with Crippen molar-refractivity contribution < 1.29 is 12.8 Å². The van der Waals surface area contributed by atoms with Gasteiger partial charge >= 0.3 is 6.01 Å². The third kappa shape index (κ3) is 3.05. The zero-order chi connectivity index (χ0) is 13.2. The second-order valence-corrected chi connectivity index (χ2v) is 5.23. The van der Waals surface area contributed by atoms with E-state index >= 15 is 0 Å². The third-order valence-corrected chi connectivity index (χ3v) is 3.15. The van der Waals surface area contributed by atoms with E-state index in [1.54, 1.807) is 19.1 Å². The van der Waals surface area contributed by atoms with Crippen LogP contribution in [0.5, 0.6) is 0 Å². The van der Waals surface area contributed by atoms with Crippen LogP contribution in [0, 0.1) is 6.92 Å². The summed E-state index contributed by atoms with van der Waals surface area (Å²) in [5.74, 6) is 0.474. The minimum atomic E-state index is -3.64. The van der Waals surface area contributed by atoms with Gasteiger partial charge in [-0.25, -0.2) is 13.6 Å². The molecule has 0 saturated carbocycles. The lowest BCUT2D eigenvalue weighted by Gasteiger charge is -2.03. The van der Waals surface area contributed by atoms with Gasteiger partial charge in [0.2, 0.25) is 15.9 Å². The van der Waals surface area contributed by atoms with Crippen LogP contribution in [0.15, 0.2) is 33.6 Å². The number of sulfonamides is 1. The van der Waals surface area contributed by atoms with Gasteiger partial charge in [-0.1, -0.05) is 17.2 Å². The Labute approximate surface area is 104 Å². The Morgan fingerprint density at radius 2 is 1.94 bits per heavy atom. The summed E-state index contributed by atoms with van der Waals surface area (Å²) in [6.07, 6.45) is 0. The van der Waals surface area contributed by atoms with Gasteiger partial charge in [0.1, 0.15) is 0 Å². The number of hydrogen-bond acceptors (Lipinski definition) is 6. The van der Waals surface area contributed by atoms with Crippen LogP contribution in [0.3, 0.4) is 0 Å². The highest BCUT2D eigenvalue weighted by atomic mass is 32.2. The number of anilines is 1. The number of nitrogens with zero attached hydrogens (tertiary/aromatic N) is 2. The van der Waals surface area contributed by atoms with E-state index in [0.717, 1.165) is 5.56 Å². The highest BCUT2D eigenvalue weighted by Crippen LogP contribution is 2.11. The van der Waals surface area contributed by atoms with E-state index in [4.69, 9.17) is 9.56 Å². The van der Waals surface area contributed by atoms with Crippen molar-refractivity contribution in [2.45, 2.75) is 18.4 Å². The molecule has 0 spiro atoms. The Hall–Kier alpha value is -1.93. The van der Waals surface area contributed by atoms with Crippen LogP contribution >= 0.6 is 0 Å². The number of nitrogens with one attached hydrogen (secondary N) is 1. The first-order chi connectivity index (χ1) is 8.45. The molecule has 1 aromatic heterocycles. The SMILES string of the molecule is Cc1nnc(NCc2ccc(S(N)(=O)=O)cc2)o1. The zero-order valence-electron chi connectivity index (χ0n) is 9.62. The van der Waals surface area contributed by atoms with Crippen LogP contribution < -0.4 is 10.5 Å². The summed E-state index contributed by atoms with van der Waals surface area (Å²) < 4.78 is 27.2. The monoisotopic (exact) mass is 268 g/mol. The normalized spacial score (nSPS) is 11.4. The highest BCUT2D eigenvalue weighted by Gasteiger charge is 2.07. The van der Waals surface area contributed by atoms with E-state index in [1.165, 1.54) is 12.1 Å². The van der Waals surface area contributed by atoms with Crippen LogP contribution in [-0.2, 0) is 16.6 Å². The summed E-state index contributed by atoms with van der Waals surface area (Å²) in [5, 5.41) is 15.4. The summed E-state index contributed by atoms with van der Waals surface area (Å²) in [4.78, 5) is 0.0832. The van der Waals surface area contributed by atoms with Crippen molar-refractivity contribution in [3.05, 3.63) is 35.7 Å². The Bertz CT molecular complexity index is 633. The van der Waals surface area contributed by atoms with Crippen molar-refractivity contribution >= 4 is 16.0 Å². The molecule has 0 aliphatic rings. The molecule has 3 N–H and O–H groups in total. The molecular formula is C10H12N4O3S. The van der Waals surface area contributed by atoms with E-state index < -0.39 is 10.0 Å². The Morgan fingerprint density at radius 3 is 2.44 bits per heavy atom. The van der Waals surface area contributed by atoms with E-state index in [-0.39, 0.29) is 4.90 Å². The number of hydrogen-bond donors (Lipinski definition) is 2. The van der Waals surface area contributed by atoms with Crippen molar-refractivity contribution in [2.75, 3.05) is 5.32 Å². The molecule has 0 aliphatic carbocycles. The maximum absolute atomic E-state index is 11.1. The fourth-order valence-electron chi connectivity index (χ4n) is 1.34. The second-order valence-electron chi connectivity index (χ2n) is 3.67. The maximum atomic E-state index is 11.1. The van der Waals surface area contributed by atoms with E-state index in [9.17, 15) is 8.42 Å². The van der Waals surface area contributed by atoms with Crippen molar-refractivity contribution in [1.82, 2.24) is 10.2 Å². The fraction of sp³-hybridized carbons (Fsp3) is 0.200. The molecule has 0 radical (unpaired) electrons. The first kappa shape index (κ1) is 12.5. The molecule has 0 amide bonds. The van der Waals surface area contributed by atoms with Crippen LogP contribution in [0.4, 0.5) is 6.01 Å². The van der Waals surface area contributed by atoms with E-state index in [1.807, 2.05) is 0 Å². The second kappa shape index (κ2) is 4.75. The van der Waals surface area contributed by atoms with Crippen LogP contribution in [0.2, 0.25) is 0 Å². The predicted molar refractivity (Wildman–Crippen MR) is 64.2 cm³/mol. The zero-order valence-corrected chi connectivity index (χ0v) is 10.4. The lowest BCUT2D eigenvalue weighted by atomic mass is 10.2. The average Bonchev–Trinajstić information content (AvgIpc) is 2.72. The number of aryl methyl sites for hydroxylation is 1. The predicted octanol–water partition coefficient (Wildman–Crippen LogP) is 0.638. The maximum Gasteiger partial charge on any atom is 0.315 e. The minimum absolute atomic E-state index is 0.0832. The van der Waals surface area contributed by atoms with Crippen LogP contribution in [0.1, 0.15) is 11.5 Å². The summed E-state index contributed by atoms with van der Waals surface area (Å²) in [6.45, 7) is 2.14. The smallest absolute Gasteiger partial charge is 0.315 e. The number of aromatic nitrogens is 2. The number of primary sulfonamides is 1. The standard InChI is InChI=1S/C10H12N4O3S/c1-7-13-14-10(17-7)12-6-8-2-4-9(5-3-8)18(11,15)16/h2-5H,6H2,1H3,(H,12,14)(H2,11,15,16). The van der Waals surface area contributed by atoms with Crippen molar-refractivity contribution in [2.24, 2.45) is 5.14 Å². The molecule has 0 bridgehead atoms. The van der Waals surface area contributed by atoms with Gasteiger partial charge < -0.3 is 9.73 Å². The van der Waals surface area contributed by atoms with Gasteiger partial charge in [0.25, 0.3) is 0 Å². The highest BCUT2D eigenvalue weighted by molar-refractivity contribution is 7.89. The molecule has 2 aromatic rings. The first-order valence-corrected chi connectivity index (χ1v) is 6.65. The Balaban J connectivity index is 2.03. The molecule has 1 heterocycles. The van der Waals surface area contributed by atoms with Crippen LogP contribution in [0.25, 0.3) is 0 Å². The van der Waals surface area contributed by atoms with Crippen molar-refractivity contribution in [3.63, 3.8) is 0 Å². The lowest BCUT2D eigenvalue weighted by molar-refractivity contribution is 0.530. The number of rotatable bonds is 4. The molecule has 0 atom stereocenters. The van der Waals surface area contributed by atoms with Gasteiger partial charge in [0.15, 0.2) is 0 Å². The molecule has 7 nitrogen and oxygen atoms in total. The molecule has 0 aliphatic heterocycles. The van der Waals surface area contributed by atoms with E-state index in [2.05, 4.69) is 15.5 Å². The van der Waals surface area contributed by atoms with Crippen LogP contribution in [-0.4, -0.2) is 18.6 Å². The van der Waals surface area contributed by atoms with Crippen molar-refractivity contribution in [3.8, 4) is 0 Å². The molecule has 1 aromatic carbocycles. The molecule has 8 heteroatoms. The quantitative estimate of drug-likeness (QED) is 0.841. The average molecular weight is 268 g/mol. The summed E-state index contributed by atoms with van der Waals surface area (Å²) in [5.41, 5.74) is 0.873. The summed E-state index contributed by atoms with van der Waals surface area (Å²) in [6, 6.07) is 6.55. The molecule has 0 fully saturated rings. The van der Waals surface area contributed by atoms with Gasteiger partial charge in [-0.2, -0.15) is 0 Å². The molecule has 96 valence electrons. The minimum Gasteiger partial charge on any atom is -0.408 e. The molecule has 0 unspecified atom stereocenters. The molecular weight excluding hydrogens is 256 g/mol. The summed E-state index contributed by atoms with van der Waals surface area (Å²) in [7, 11) is -3.64. The molecule has 18 heavy (non-hydrogen) atoms.